The highest BCUT2D eigenvalue weighted by Crippen LogP contribution is 2.42. The predicted molar refractivity (Wildman–Crippen MR) is 138 cm³/mol. The molecular formula is C26H24ClF3N6O2. The first kappa shape index (κ1) is 25.7. The number of alkyl halides is 3. The van der Waals surface area contributed by atoms with Crippen molar-refractivity contribution in [2.24, 2.45) is 0 Å². The van der Waals surface area contributed by atoms with Gasteiger partial charge in [-0.05, 0) is 42.7 Å². The van der Waals surface area contributed by atoms with Crippen molar-refractivity contribution in [1.82, 2.24) is 19.5 Å². The zero-order valence-corrected chi connectivity index (χ0v) is 21.5. The van der Waals surface area contributed by atoms with E-state index >= 15 is 0 Å². The van der Waals surface area contributed by atoms with Gasteiger partial charge in [-0.25, -0.2) is 9.97 Å². The van der Waals surface area contributed by atoms with E-state index in [2.05, 4.69) is 15.0 Å². The monoisotopic (exact) mass is 544 g/mol. The number of methoxy groups -OCH3 is 1. The second-order valence-electron chi connectivity index (χ2n) is 8.95. The molecular weight excluding hydrogens is 521 g/mol. The predicted octanol–water partition coefficient (Wildman–Crippen LogP) is 6.11. The number of nitrogens with zero attached hydrogens (tertiary/aromatic N) is 5. The Balaban J connectivity index is 1.46. The number of nitrogens with one attached hydrogen (secondary N) is 1. The molecule has 2 aromatic heterocycles. The average molecular weight is 545 g/mol. The summed E-state index contributed by atoms with van der Waals surface area (Å²) in [6, 6.07) is 11.5. The fraction of sp³-hybridized carbons (Fsp3) is 0.269. The molecule has 198 valence electrons. The van der Waals surface area contributed by atoms with Crippen molar-refractivity contribution in [3.05, 3.63) is 77.0 Å². The summed E-state index contributed by atoms with van der Waals surface area (Å²) in [5.41, 5.74) is 4.19. The summed E-state index contributed by atoms with van der Waals surface area (Å²) in [4.78, 5) is 15.6. The molecule has 4 aromatic rings. The van der Waals surface area contributed by atoms with Crippen LogP contribution in [0.4, 0.5) is 30.6 Å². The molecule has 0 fully saturated rings. The largest absolute Gasteiger partial charge is 0.573 e. The lowest BCUT2D eigenvalue weighted by Crippen LogP contribution is -2.17. The third-order valence-electron chi connectivity index (χ3n) is 6.24. The molecule has 0 saturated carbocycles. The first-order valence-electron chi connectivity index (χ1n) is 11.7. The van der Waals surface area contributed by atoms with Gasteiger partial charge >= 0.3 is 6.36 Å². The van der Waals surface area contributed by atoms with Crippen molar-refractivity contribution >= 4 is 29.1 Å². The summed E-state index contributed by atoms with van der Waals surface area (Å²) >= 11 is 5.96. The van der Waals surface area contributed by atoms with Gasteiger partial charge in [0, 0.05) is 43.5 Å². The Morgan fingerprint density at radius 1 is 1.11 bits per heavy atom. The van der Waals surface area contributed by atoms with Crippen molar-refractivity contribution in [1.29, 1.82) is 0 Å². The number of ether oxygens (including phenoxy) is 2. The van der Waals surface area contributed by atoms with Gasteiger partial charge in [0.2, 0.25) is 5.95 Å². The van der Waals surface area contributed by atoms with Crippen LogP contribution < -0.4 is 19.7 Å². The number of aromatic nitrogens is 4. The van der Waals surface area contributed by atoms with Gasteiger partial charge in [0.1, 0.15) is 28.8 Å². The van der Waals surface area contributed by atoms with E-state index in [4.69, 9.17) is 26.3 Å². The van der Waals surface area contributed by atoms with Crippen LogP contribution >= 0.6 is 11.6 Å². The van der Waals surface area contributed by atoms with Crippen LogP contribution in [0.3, 0.4) is 0 Å². The number of hydrogen-bond acceptors (Lipinski definition) is 7. The van der Waals surface area contributed by atoms with E-state index in [1.807, 2.05) is 37.2 Å². The minimum atomic E-state index is -4.73. The number of imidazole rings is 1. The van der Waals surface area contributed by atoms with Crippen LogP contribution in [-0.2, 0) is 6.42 Å². The fourth-order valence-electron chi connectivity index (χ4n) is 4.62. The minimum Gasteiger partial charge on any atom is -0.494 e. The summed E-state index contributed by atoms with van der Waals surface area (Å²) in [5, 5.41) is 3.64. The summed E-state index contributed by atoms with van der Waals surface area (Å²) in [6.45, 7) is 0. The standard InChI is InChI=1S/C26H24ClF3N6O2/c1-35(2)24-19-10-9-18(15-4-7-17(8-5-15)38-26(28,29)30)23(19)33-25(34-24)32-16-6-11-20(21(12-16)37-3)36-13-22(27)31-14-36/h4-8,11-14,18H,9-10H2,1-3H3,(H,32,33,34)/t18-/m1/s1. The van der Waals surface area contributed by atoms with Crippen LogP contribution in [0.15, 0.2) is 55.0 Å². The Morgan fingerprint density at radius 3 is 2.50 bits per heavy atom. The lowest BCUT2D eigenvalue weighted by atomic mass is 9.96. The maximum atomic E-state index is 12.6. The topological polar surface area (TPSA) is 77.3 Å². The van der Waals surface area contributed by atoms with Crippen LogP contribution in [0.2, 0.25) is 5.15 Å². The SMILES string of the molecule is COc1cc(Nc2nc3c(c(N(C)C)n2)CC[C@@H]3c2ccc(OC(F)(F)F)cc2)ccc1-n1cnc(Cl)c1. The smallest absolute Gasteiger partial charge is 0.494 e. The van der Waals surface area contributed by atoms with E-state index in [1.165, 1.54) is 12.1 Å². The van der Waals surface area contributed by atoms with Gasteiger partial charge in [-0.1, -0.05) is 23.7 Å². The molecule has 8 nitrogen and oxygen atoms in total. The van der Waals surface area contributed by atoms with Crippen molar-refractivity contribution in [3.63, 3.8) is 0 Å². The number of rotatable bonds is 7. The molecule has 12 heteroatoms. The molecule has 0 unspecified atom stereocenters. The van der Waals surface area contributed by atoms with Crippen molar-refractivity contribution in [2.75, 3.05) is 31.4 Å². The van der Waals surface area contributed by atoms with E-state index in [9.17, 15) is 13.2 Å². The van der Waals surface area contributed by atoms with Crippen LogP contribution in [0.1, 0.15) is 29.2 Å². The third-order valence-corrected chi connectivity index (χ3v) is 6.43. The van der Waals surface area contributed by atoms with Crippen LogP contribution in [0.5, 0.6) is 11.5 Å². The van der Waals surface area contributed by atoms with Crippen molar-refractivity contribution in [2.45, 2.75) is 25.1 Å². The van der Waals surface area contributed by atoms with Crippen LogP contribution in [0.25, 0.3) is 5.69 Å². The van der Waals surface area contributed by atoms with Gasteiger partial charge in [0.05, 0.1) is 18.5 Å². The maximum Gasteiger partial charge on any atom is 0.573 e. The van der Waals surface area contributed by atoms with Gasteiger partial charge in [-0.2, -0.15) is 4.98 Å². The van der Waals surface area contributed by atoms with Crippen molar-refractivity contribution < 1.29 is 22.6 Å². The van der Waals surface area contributed by atoms with Gasteiger partial charge < -0.3 is 24.3 Å². The summed E-state index contributed by atoms with van der Waals surface area (Å²) in [6.07, 6.45) is 0.0700. The molecule has 1 aliphatic carbocycles. The molecule has 1 atom stereocenters. The summed E-state index contributed by atoms with van der Waals surface area (Å²) in [5.74, 6) is 1.44. The summed E-state index contributed by atoms with van der Waals surface area (Å²) < 4.78 is 49.1. The second-order valence-corrected chi connectivity index (χ2v) is 9.34. The van der Waals surface area contributed by atoms with E-state index in [0.29, 0.717) is 22.5 Å². The Kier molecular flexibility index (Phi) is 6.78. The Labute approximate surface area is 222 Å². The molecule has 0 spiro atoms. The summed E-state index contributed by atoms with van der Waals surface area (Å²) in [7, 11) is 5.40. The van der Waals surface area contributed by atoms with E-state index in [0.717, 1.165) is 41.2 Å². The third kappa shape index (κ3) is 5.33. The Bertz CT molecular complexity index is 1460. The molecule has 2 aromatic carbocycles. The molecule has 5 rings (SSSR count). The number of fused-ring (bicyclic) bond motifs is 1. The fourth-order valence-corrected chi connectivity index (χ4v) is 4.77. The molecule has 0 amide bonds. The highest BCUT2D eigenvalue weighted by atomic mass is 35.5. The highest BCUT2D eigenvalue weighted by Gasteiger charge is 2.32. The second kappa shape index (κ2) is 10.1. The maximum absolute atomic E-state index is 12.6. The molecule has 2 heterocycles. The number of anilines is 3. The number of benzene rings is 2. The van der Waals surface area contributed by atoms with E-state index < -0.39 is 6.36 Å². The minimum absolute atomic E-state index is 0.0879. The first-order chi connectivity index (χ1) is 18.1. The zero-order valence-electron chi connectivity index (χ0n) is 20.8. The quantitative estimate of drug-likeness (QED) is 0.301. The Hall–Kier alpha value is -3.99. The molecule has 0 bridgehead atoms. The number of hydrogen-bond donors (Lipinski definition) is 1. The molecule has 1 N–H and O–H groups in total. The van der Waals surface area contributed by atoms with Crippen molar-refractivity contribution in [3.8, 4) is 17.2 Å². The van der Waals surface area contributed by atoms with Crippen LogP contribution in [-0.4, -0.2) is 47.1 Å². The van der Waals surface area contributed by atoms with Gasteiger partial charge in [0.15, 0.2) is 0 Å². The average Bonchev–Trinajstić information content (AvgIpc) is 3.49. The molecule has 1 aliphatic rings. The first-order valence-corrected chi connectivity index (χ1v) is 12.1. The molecule has 0 aliphatic heterocycles. The zero-order chi connectivity index (χ0) is 27.0. The number of halogens is 4. The molecule has 0 saturated heterocycles. The highest BCUT2D eigenvalue weighted by molar-refractivity contribution is 6.29. The van der Waals surface area contributed by atoms with E-state index in [-0.39, 0.29) is 11.7 Å². The normalized spacial score (nSPS) is 14.8. The molecule has 0 radical (unpaired) electrons. The van der Waals surface area contributed by atoms with Crippen LogP contribution in [0, 0.1) is 0 Å². The van der Waals surface area contributed by atoms with Gasteiger partial charge in [0.25, 0.3) is 0 Å². The van der Waals surface area contributed by atoms with Gasteiger partial charge in [-0.15, -0.1) is 13.2 Å². The lowest BCUT2D eigenvalue weighted by molar-refractivity contribution is -0.274. The van der Waals surface area contributed by atoms with Gasteiger partial charge in [-0.3, -0.25) is 0 Å². The molecule has 38 heavy (non-hydrogen) atoms. The van der Waals surface area contributed by atoms with E-state index in [1.54, 1.807) is 36.3 Å². The Morgan fingerprint density at radius 2 is 1.87 bits per heavy atom. The lowest BCUT2D eigenvalue weighted by Gasteiger charge is -2.19.